The number of nitrogens with one attached hydrogen (secondary N) is 2. The Balaban J connectivity index is 0.000000804. The minimum absolute atomic E-state index is 0.00830. The molecule has 1 aromatic heterocycles. The van der Waals surface area contributed by atoms with Crippen LogP contribution in [0, 0.1) is 0 Å². The zero-order chi connectivity index (χ0) is 36.0. The molecule has 48 heavy (non-hydrogen) atoms. The van der Waals surface area contributed by atoms with Gasteiger partial charge in [0.05, 0.1) is 22.9 Å². The Morgan fingerprint density at radius 2 is 1.73 bits per heavy atom. The number of para-hydroxylation sites is 1. The number of carbonyl (C=O) groups is 3. The van der Waals surface area contributed by atoms with Crippen molar-refractivity contribution in [2.75, 3.05) is 30.3 Å². The molecular weight excluding hydrogens is 737 g/mol. The number of carbonyl (C=O) groups excluding carboxylic acids is 2. The molecule has 14 nitrogen and oxygen atoms in total. The number of likely N-dealkylation sites (tertiary alicyclic amines) is 1. The number of amides is 2. The molecular formula is C29H35BrClF3N4O10. The number of pyridine rings is 1. The number of benzene rings is 1. The maximum atomic E-state index is 13.7. The van der Waals surface area contributed by atoms with Gasteiger partial charge in [0, 0.05) is 25.3 Å². The standard InChI is InChI=1S/C27H34BrClN4O8.C2HF3O2/c1-14(2)33-10-8-27(28,9-11-33)26(39)32-20-16(24(38)31-19-7-6-15(29)12-30-19)4-3-5-17(20)40-25-23(37)22(36)21(35)18(13-34)41-25;3-2(4,5)1(6)7/h3-7,12,14,18,21-23,25,34-37H,8-11,13H2,1-2H3,(H,32,39)(H,30,31,38);(H,6,7)/t18-,21+,22+,23-,25-;/m1./s1. The molecule has 0 unspecified atom stereocenters. The van der Waals surface area contributed by atoms with Crippen LogP contribution in [0.15, 0.2) is 36.5 Å². The van der Waals surface area contributed by atoms with Gasteiger partial charge < -0.3 is 50.5 Å². The Morgan fingerprint density at radius 1 is 1.10 bits per heavy atom. The van der Waals surface area contributed by atoms with E-state index in [1.165, 1.54) is 30.5 Å². The molecule has 266 valence electrons. The number of aliphatic hydroxyl groups excluding tert-OH is 4. The molecule has 5 atom stereocenters. The molecule has 2 amide bonds. The molecule has 2 aliphatic heterocycles. The molecule has 7 N–H and O–H groups in total. The Hall–Kier alpha value is -3.10. The average molecular weight is 772 g/mol. The van der Waals surface area contributed by atoms with Crippen molar-refractivity contribution in [1.29, 1.82) is 0 Å². The third kappa shape index (κ3) is 9.97. The number of hydrogen-bond donors (Lipinski definition) is 7. The molecule has 19 heteroatoms. The summed E-state index contributed by atoms with van der Waals surface area (Å²) in [4.78, 5) is 42.3. The van der Waals surface area contributed by atoms with E-state index in [1.807, 2.05) is 0 Å². The van der Waals surface area contributed by atoms with Crippen molar-refractivity contribution in [2.45, 2.75) is 73.9 Å². The van der Waals surface area contributed by atoms with Crippen molar-refractivity contribution in [3.63, 3.8) is 0 Å². The van der Waals surface area contributed by atoms with Crippen LogP contribution in [0.25, 0.3) is 0 Å². The van der Waals surface area contributed by atoms with E-state index in [2.05, 4.69) is 50.3 Å². The molecule has 0 radical (unpaired) electrons. The number of nitrogens with zero attached hydrogens (tertiary/aromatic N) is 2. The van der Waals surface area contributed by atoms with Gasteiger partial charge in [-0.05, 0) is 51.0 Å². The maximum absolute atomic E-state index is 13.7. The van der Waals surface area contributed by atoms with E-state index in [4.69, 9.17) is 31.0 Å². The SMILES string of the molecule is CC(C)N1CCC(Br)(C(=O)Nc2c(O[C@@H]3O[C@H](CO)[C@H](O)[C@H](O)[C@H]3O)cccc2C(=O)Nc2ccc(Cl)cn2)CC1.O=C(O)C(F)(F)F. The molecule has 0 bridgehead atoms. The first kappa shape index (κ1) is 39.3. The second-order valence-electron chi connectivity index (χ2n) is 11.2. The van der Waals surface area contributed by atoms with Crippen LogP contribution in [0.2, 0.25) is 5.02 Å². The van der Waals surface area contributed by atoms with Gasteiger partial charge in [-0.25, -0.2) is 9.78 Å². The summed E-state index contributed by atoms with van der Waals surface area (Å²) in [6, 6.07) is 7.84. The van der Waals surface area contributed by atoms with Crippen LogP contribution in [0.1, 0.15) is 37.0 Å². The molecule has 4 rings (SSSR count). The number of anilines is 2. The van der Waals surface area contributed by atoms with Crippen LogP contribution in [0.4, 0.5) is 24.7 Å². The van der Waals surface area contributed by atoms with E-state index < -0.39 is 65.6 Å². The first-order chi connectivity index (χ1) is 22.4. The summed E-state index contributed by atoms with van der Waals surface area (Å²) >= 11 is 9.52. The van der Waals surface area contributed by atoms with Crippen LogP contribution in [0.5, 0.6) is 5.75 Å². The van der Waals surface area contributed by atoms with Gasteiger partial charge in [-0.2, -0.15) is 13.2 Å². The normalized spacial score (nSPS) is 24.2. The summed E-state index contributed by atoms with van der Waals surface area (Å²) in [5.74, 6) is -3.60. The van der Waals surface area contributed by atoms with Gasteiger partial charge in [-0.3, -0.25) is 9.59 Å². The summed E-state index contributed by atoms with van der Waals surface area (Å²) in [6.45, 7) is 4.91. The topological polar surface area (TPSA) is 211 Å². The number of hydrogen-bond acceptors (Lipinski definition) is 11. The van der Waals surface area contributed by atoms with Gasteiger partial charge in [0.1, 0.15) is 40.3 Å². The highest BCUT2D eigenvalue weighted by Crippen LogP contribution is 2.37. The van der Waals surface area contributed by atoms with Gasteiger partial charge in [0.2, 0.25) is 12.2 Å². The molecule has 0 saturated carbocycles. The number of carboxylic acid groups (broad SMARTS) is 1. The first-order valence-corrected chi connectivity index (χ1v) is 15.6. The zero-order valence-corrected chi connectivity index (χ0v) is 27.9. The number of alkyl halides is 4. The predicted octanol–water partition coefficient (Wildman–Crippen LogP) is 2.38. The van der Waals surface area contributed by atoms with Gasteiger partial charge in [0.25, 0.3) is 5.91 Å². The lowest BCUT2D eigenvalue weighted by Gasteiger charge is -2.40. The first-order valence-electron chi connectivity index (χ1n) is 14.5. The van der Waals surface area contributed by atoms with Crippen LogP contribution < -0.4 is 15.4 Å². The fourth-order valence-corrected chi connectivity index (χ4v) is 5.28. The average Bonchev–Trinajstić information content (AvgIpc) is 3.03. The lowest BCUT2D eigenvalue weighted by molar-refractivity contribution is -0.277. The lowest BCUT2D eigenvalue weighted by Crippen LogP contribution is -2.60. The lowest BCUT2D eigenvalue weighted by atomic mass is 9.94. The van der Waals surface area contributed by atoms with E-state index in [-0.39, 0.29) is 22.8 Å². The van der Waals surface area contributed by atoms with E-state index in [1.54, 1.807) is 6.07 Å². The Morgan fingerprint density at radius 3 is 2.25 bits per heavy atom. The summed E-state index contributed by atoms with van der Waals surface area (Å²) < 4.78 is 42.2. The smallest absolute Gasteiger partial charge is 0.475 e. The van der Waals surface area contributed by atoms with Crippen molar-refractivity contribution in [2.24, 2.45) is 0 Å². The number of aromatic nitrogens is 1. The summed E-state index contributed by atoms with van der Waals surface area (Å²) in [5, 5.41) is 53.4. The molecule has 3 heterocycles. The van der Waals surface area contributed by atoms with Crippen molar-refractivity contribution >= 4 is 56.8 Å². The van der Waals surface area contributed by atoms with Crippen LogP contribution in [-0.4, -0.2) is 120 Å². The molecule has 2 aliphatic rings. The maximum Gasteiger partial charge on any atom is 0.490 e. The fraction of sp³-hybridized carbons (Fsp3) is 0.517. The van der Waals surface area contributed by atoms with E-state index in [0.29, 0.717) is 37.0 Å². The minimum atomic E-state index is -5.08. The Bertz CT molecular complexity index is 1430. The van der Waals surface area contributed by atoms with Crippen LogP contribution >= 0.6 is 27.5 Å². The highest BCUT2D eigenvalue weighted by molar-refractivity contribution is 9.10. The summed E-state index contributed by atoms with van der Waals surface area (Å²) in [7, 11) is 0. The van der Waals surface area contributed by atoms with E-state index in [9.17, 15) is 43.2 Å². The van der Waals surface area contributed by atoms with Crippen LogP contribution in [-0.2, 0) is 14.3 Å². The molecule has 2 saturated heterocycles. The predicted molar refractivity (Wildman–Crippen MR) is 168 cm³/mol. The van der Waals surface area contributed by atoms with Crippen molar-refractivity contribution in [1.82, 2.24) is 9.88 Å². The largest absolute Gasteiger partial charge is 0.490 e. The van der Waals surface area contributed by atoms with E-state index >= 15 is 0 Å². The van der Waals surface area contributed by atoms with Crippen molar-refractivity contribution in [3.05, 3.63) is 47.1 Å². The highest BCUT2D eigenvalue weighted by atomic mass is 79.9. The third-order valence-corrected chi connectivity index (χ3v) is 8.92. The second-order valence-corrected chi connectivity index (χ2v) is 13.1. The Kier molecular flexibility index (Phi) is 13.6. The number of ether oxygens (including phenoxy) is 2. The number of carboxylic acids is 1. The molecule has 2 fully saturated rings. The number of piperidine rings is 1. The summed E-state index contributed by atoms with van der Waals surface area (Å²) in [5.41, 5.74) is 0.0129. The molecule has 0 spiro atoms. The van der Waals surface area contributed by atoms with Gasteiger partial charge in [-0.1, -0.05) is 33.6 Å². The Labute approximate surface area is 285 Å². The highest BCUT2D eigenvalue weighted by Gasteiger charge is 2.45. The van der Waals surface area contributed by atoms with E-state index in [0.717, 1.165) is 0 Å². The second kappa shape index (κ2) is 16.5. The van der Waals surface area contributed by atoms with Gasteiger partial charge in [-0.15, -0.1) is 0 Å². The molecule has 2 aromatic rings. The molecule has 0 aliphatic carbocycles. The zero-order valence-electron chi connectivity index (χ0n) is 25.5. The van der Waals surface area contributed by atoms with Gasteiger partial charge >= 0.3 is 12.1 Å². The van der Waals surface area contributed by atoms with Gasteiger partial charge in [0.15, 0.2) is 0 Å². The number of aliphatic hydroxyl groups is 4. The monoisotopic (exact) mass is 770 g/mol. The number of rotatable bonds is 8. The number of halogens is 5. The summed E-state index contributed by atoms with van der Waals surface area (Å²) in [6.07, 6.45) is -10.4. The molecule has 1 aromatic carbocycles. The minimum Gasteiger partial charge on any atom is -0.475 e. The van der Waals surface area contributed by atoms with Crippen molar-refractivity contribution in [3.8, 4) is 5.75 Å². The van der Waals surface area contributed by atoms with Crippen LogP contribution in [0.3, 0.4) is 0 Å². The quantitative estimate of drug-likeness (QED) is 0.193. The van der Waals surface area contributed by atoms with Crippen molar-refractivity contribution < 1.29 is 62.6 Å². The third-order valence-electron chi connectivity index (χ3n) is 7.54. The fourth-order valence-electron chi connectivity index (χ4n) is 4.72. The number of aliphatic carboxylic acids is 1.